The van der Waals surface area contributed by atoms with Gasteiger partial charge < -0.3 is 4.90 Å². The Kier molecular flexibility index (Phi) is 4.22. The summed E-state index contributed by atoms with van der Waals surface area (Å²) in [5.74, 6) is -1.19. The fraction of sp³-hybridized carbons (Fsp3) is 0.143. The van der Waals surface area contributed by atoms with Gasteiger partial charge in [-0.25, -0.2) is 4.98 Å². The topological polar surface area (TPSA) is 76.3 Å². The van der Waals surface area contributed by atoms with E-state index in [1.807, 2.05) is 0 Å². The van der Waals surface area contributed by atoms with E-state index in [1.165, 1.54) is 30.3 Å². The van der Waals surface area contributed by atoms with Crippen LogP contribution < -0.4 is 0 Å². The van der Waals surface area contributed by atoms with Gasteiger partial charge in [0.2, 0.25) is 5.95 Å². The van der Waals surface area contributed by atoms with Crippen LogP contribution >= 0.6 is 0 Å². The average Bonchev–Trinajstić information content (AvgIpc) is 2.46. The molecular formula is C14H12FN3O3. The summed E-state index contributed by atoms with van der Waals surface area (Å²) >= 11 is 0. The van der Waals surface area contributed by atoms with Gasteiger partial charge in [-0.15, -0.1) is 0 Å². The Hall–Kier alpha value is -2.83. The van der Waals surface area contributed by atoms with Crippen LogP contribution in [0.15, 0.2) is 42.6 Å². The fourth-order valence-corrected chi connectivity index (χ4v) is 1.91. The number of hydrogen-bond donors (Lipinski definition) is 0. The molecule has 1 aromatic heterocycles. The lowest BCUT2D eigenvalue weighted by Crippen LogP contribution is -2.26. The summed E-state index contributed by atoms with van der Waals surface area (Å²) in [6.07, 6.45) is 1.20. The molecule has 0 N–H and O–H groups in total. The SMILES string of the molecule is CN(Cc1ccccc1[N+](=O)[O-])C(=O)c1ccnc(F)c1. The molecule has 0 spiro atoms. The normalized spacial score (nSPS) is 10.2. The van der Waals surface area contributed by atoms with Crippen molar-refractivity contribution in [3.8, 4) is 0 Å². The van der Waals surface area contributed by atoms with Crippen molar-refractivity contribution < 1.29 is 14.1 Å². The van der Waals surface area contributed by atoms with E-state index >= 15 is 0 Å². The van der Waals surface area contributed by atoms with Crippen LogP contribution in [0, 0.1) is 16.1 Å². The molecule has 7 heteroatoms. The molecule has 0 aliphatic carbocycles. The van der Waals surface area contributed by atoms with Crippen molar-refractivity contribution in [3.05, 3.63) is 69.8 Å². The molecule has 0 saturated carbocycles. The van der Waals surface area contributed by atoms with Gasteiger partial charge in [-0.3, -0.25) is 14.9 Å². The van der Waals surface area contributed by atoms with Crippen molar-refractivity contribution in [2.24, 2.45) is 0 Å². The fourth-order valence-electron chi connectivity index (χ4n) is 1.91. The first-order valence-corrected chi connectivity index (χ1v) is 6.08. The minimum absolute atomic E-state index is 0.0555. The second kappa shape index (κ2) is 6.08. The second-order valence-corrected chi connectivity index (χ2v) is 4.41. The average molecular weight is 289 g/mol. The van der Waals surface area contributed by atoms with E-state index in [9.17, 15) is 19.3 Å². The predicted molar refractivity (Wildman–Crippen MR) is 73.1 cm³/mol. The quantitative estimate of drug-likeness (QED) is 0.492. The maximum atomic E-state index is 13.0. The van der Waals surface area contributed by atoms with Crippen LogP contribution in [0.4, 0.5) is 10.1 Å². The number of para-hydroxylation sites is 1. The van der Waals surface area contributed by atoms with Crippen molar-refractivity contribution in [2.45, 2.75) is 6.54 Å². The number of rotatable bonds is 4. The molecule has 0 unspecified atom stereocenters. The standard InChI is InChI=1S/C14H12FN3O3/c1-17(14(19)10-6-7-16-13(15)8-10)9-11-4-2-3-5-12(11)18(20)21/h2-8H,9H2,1H3. The number of nitrogens with zero attached hydrogens (tertiary/aromatic N) is 3. The van der Waals surface area contributed by atoms with Gasteiger partial charge in [0.15, 0.2) is 0 Å². The minimum Gasteiger partial charge on any atom is -0.337 e. The maximum Gasteiger partial charge on any atom is 0.274 e. The summed E-state index contributed by atoms with van der Waals surface area (Å²) < 4.78 is 13.0. The van der Waals surface area contributed by atoms with Crippen molar-refractivity contribution in [1.82, 2.24) is 9.88 Å². The van der Waals surface area contributed by atoms with Crippen molar-refractivity contribution >= 4 is 11.6 Å². The Labute approximate surface area is 120 Å². The molecular weight excluding hydrogens is 277 g/mol. The summed E-state index contributed by atoms with van der Waals surface area (Å²) in [6.45, 7) is 0.0555. The molecule has 0 atom stereocenters. The van der Waals surface area contributed by atoms with Gasteiger partial charge in [-0.05, 0) is 6.07 Å². The van der Waals surface area contributed by atoms with Crippen molar-refractivity contribution in [2.75, 3.05) is 7.05 Å². The minimum atomic E-state index is -0.750. The highest BCUT2D eigenvalue weighted by molar-refractivity contribution is 5.93. The summed E-state index contributed by atoms with van der Waals surface area (Å²) in [5.41, 5.74) is 0.495. The molecule has 6 nitrogen and oxygen atoms in total. The Bertz CT molecular complexity index is 691. The number of nitro groups is 1. The number of hydrogen-bond acceptors (Lipinski definition) is 4. The highest BCUT2D eigenvalue weighted by Gasteiger charge is 2.18. The predicted octanol–water partition coefficient (Wildman–Crippen LogP) is 2.40. The van der Waals surface area contributed by atoms with Gasteiger partial charge >= 0.3 is 0 Å². The van der Waals surface area contributed by atoms with E-state index in [2.05, 4.69) is 4.98 Å². The molecule has 1 aromatic carbocycles. The number of amides is 1. The van der Waals surface area contributed by atoms with Gasteiger partial charge in [-0.1, -0.05) is 18.2 Å². The summed E-state index contributed by atoms with van der Waals surface area (Å²) in [4.78, 5) is 27.2. The molecule has 0 aliphatic heterocycles. The van der Waals surface area contributed by atoms with E-state index in [1.54, 1.807) is 18.2 Å². The van der Waals surface area contributed by atoms with Gasteiger partial charge in [0, 0.05) is 36.5 Å². The van der Waals surface area contributed by atoms with E-state index in [0.717, 1.165) is 6.07 Å². The lowest BCUT2D eigenvalue weighted by atomic mass is 10.1. The van der Waals surface area contributed by atoms with Crippen LogP contribution in [0.5, 0.6) is 0 Å². The Balaban J connectivity index is 2.20. The molecule has 1 amide bonds. The lowest BCUT2D eigenvalue weighted by molar-refractivity contribution is -0.385. The van der Waals surface area contributed by atoms with Gasteiger partial charge in [0.25, 0.3) is 11.6 Å². The zero-order valence-electron chi connectivity index (χ0n) is 11.2. The van der Waals surface area contributed by atoms with Gasteiger partial charge in [0.1, 0.15) is 0 Å². The lowest BCUT2D eigenvalue weighted by Gasteiger charge is -2.17. The summed E-state index contributed by atoms with van der Waals surface area (Å²) in [7, 11) is 1.50. The number of pyridine rings is 1. The molecule has 0 bridgehead atoms. The number of benzene rings is 1. The van der Waals surface area contributed by atoms with Crippen molar-refractivity contribution in [1.29, 1.82) is 0 Å². The van der Waals surface area contributed by atoms with Gasteiger partial charge in [-0.2, -0.15) is 4.39 Å². The van der Waals surface area contributed by atoms with E-state index in [0.29, 0.717) is 5.56 Å². The molecule has 0 aliphatic rings. The van der Waals surface area contributed by atoms with Crippen LogP contribution in [0.1, 0.15) is 15.9 Å². The Morgan fingerprint density at radius 1 is 1.38 bits per heavy atom. The number of carbonyl (C=O) groups excluding carboxylic acids is 1. The molecule has 21 heavy (non-hydrogen) atoms. The van der Waals surface area contributed by atoms with Gasteiger partial charge in [0.05, 0.1) is 11.5 Å². The Morgan fingerprint density at radius 3 is 2.76 bits per heavy atom. The van der Waals surface area contributed by atoms with Crippen molar-refractivity contribution in [3.63, 3.8) is 0 Å². The first kappa shape index (κ1) is 14.6. The molecule has 2 rings (SSSR count). The molecule has 108 valence electrons. The van der Waals surface area contributed by atoms with E-state index < -0.39 is 16.8 Å². The third-order valence-corrected chi connectivity index (χ3v) is 2.92. The number of nitro benzene ring substituents is 1. The highest BCUT2D eigenvalue weighted by atomic mass is 19.1. The highest BCUT2D eigenvalue weighted by Crippen LogP contribution is 2.19. The van der Waals surface area contributed by atoms with Crippen LogP contribution in [-0.4, -0.2) is 27.8 Å². The Morgan fingerprint density at radius 2 is 2.10 bits per heavy atom. The molecule has 0 fully saturated rings. The monoisotopic (exact) mass is 289 g/mol. The first-order valence-electron chi connectivity index (χ1n) is 6.08. The zero-order chi connectivity index (χ0) is 15.4. The number of carbonyl (C=O) groups is 1. The zero-order valence-corrected chi connectivity index (χ0v) is 11.2. The first-order chi connectivity index (χ1) is 9.99. The molecule has 0 saturated heterocycles. The molecule has 2 aromatic rings. The van der Waals surface area contributed by atoms with E-state index in [4.69, 9.17) is 0 Å². The largest absolute Gasteiger partial charge is 0.337 e. The second-order valence-electron chi connectivity index (χ2n) is 4.41. The number of halogens is 1. The third kappa shape index (κ3) is 3.38. The van der Waals surface area contributed by atoms with Crippen LogP contribution in [0.25, 0.3) is 0 Å². The van der Waals surface area contributed by atoms with Crippen LogP contribution in [-0.2, 0) is 6.54 Å². The third-order valence-electron chi connectivity index (χ3n) is 2.92. The maximum absolute atomic E-state index is 13.0. The smallest absolute Gasteiger partial charge is 0.274 e. The summed E-state index contributed by atoms with van der Waals surface area (Å²) in [5, 5.41) is 10.9. The molecule has 0 radical (unpaired) electrons. The van der Waals surface area contributed by atoms with Crippen LogP contribution in [0.3, 0.4) is 0 Å². The van der Waals surface area contributed by atoms with Crippen LogP contribution in [0.2, 0.25) is 0 Å². The number of aromatic nitrogens is 1. The molecule has 1 heterocycles. The summed E-state index contributed by atoms with van der Waals surface area (Å²) in [6, 6.07) is 8.59. The van der Waals surface area contributed by atoms with E-state index in [-0.39, 0.29) is 17.8 Å².